The van der Waals surface area contributed by atoms with E-state index >= 15 is 0 Å². The molecule has 0 aliphatic carbocycles. The third-order valence-corrected chi connectivity index (χ3v) is 5.88. The van der Waals surface area contributed by atoms with Crippen LogP contribution in [0.15, 0.2) is 42.0 Å². The first-order valence-electron chi connectivity index (χ1n) is 10.4. The molecule has 3 rings (SSSR count). The first-order valence-corrected chi connectivity index (χ1v) is 11.6. The van der Waals surface area contributed by atoms with Crippen molar-refractivity contribution in [1.29, 1.82) is 5.26 Å². The second-order valence-corrected chi connectivity index (χ2v) is 8.82. The van der Waals surface area contributed by atoms with E-state index in [1.165, 1.54) is 29.5 Å². The number of amides is 1. The number of anilines is 1. The number of aromatic nitrogens is 2. The summed E-state index contributed by atoms with van der Waals surface area (Å²) < 4.78 is 24.6. The van der Waals surface area contributed by atoms with Crippen molar-refractivity contribution in [2.24, 2.45) is 0 Å². The van der Waals surface area contributed by atoms with Crippen LogP contribution >= 0.6 is 22.9 Å². The van der Waals surface area contributed by atoms with Gasteiger partial charge in [-0.15, -0.1) is 10.2 Å². The molecule has 0 saturated carbocycles. The van der Waals surface area contributed by atoms with Gasteiger partial charge in [-0.05, 0) is 48.4 Å². The number of halogens is 2. The van der Waals surface area contributed by atoms with E-state index in [0.29, 0.717) is 28.8 Å². The number of carbonyl (C=O) groups excluding carboxylic acids is 1. The zero-order valence-electron chi connectivity index (χ0n) is 18.8. The number of hydrogen-bond acceptors (Lipinski definition) is 7. The van der Waals surface area contributed by atoms with Crippen LogP contribution in [0.2, 0.25) is 5.02 Å². The highest BCUT2D eigenvalue weighted by atomic mass is 35.5. The van der Waals surface area contributed by atoms with Gasteiger partial charge in [-0.2, -0.15) is 5.26 Å². The van der Waals surface area contributed by atoms with Crippen molar-refractivity contribution < 1.29 is 18.7 Å². The van der Waals surface area contributed by atoms with Crippen LogP contribution in [0.4, 0.5) is 9.52 Å². The minimum Gasteiger partial charge on any atom is -0.490 e. The molecule has 0 aliphatic heterocycles. The number of nitrogens with one attached hydrogen (secondary N) is 1. The molecule has 7 nitrogen and oxygen atoms in total. The average molecular weight is 501 g/mol. The van der Waals surface area contributed by atoms with Gasteiger partial charge in [0.2, 0.25) is 5.13 Å². The summed E-state index contributed by atoms with van der Waals surface area (Å²) in [4.78, 5) is 12.6. The lowest BCUT2D eigenvalue weighted by Gasteiger charge is -2.15. The van der Waals surface area contributed by atoms with Crippen molar-refractivity contribution in [3.05, 3.63) is 68.9 Å². The van der Waals surface area contributed by atoms with Gasteiger partial charge < -0.3 is 9.47 Å². The molecular formula is C24H22ClFN4O3S. The molecule has 0 radical (unpaired) electrons. The monoisotopic (exact) mass is 500 g/mol. The van der Waals surface area contributed by atoms with Gasteiger partial charge in [0.15, 0.2) is 11.5 Å². The van der Waals surface area contributed by atoms with E-state index < -0.39 is 5.91 Å². The number of rotatable bonds is 9. The molecule has 1 heterocycles. The fourth-order valence-corrected chi connectivity index (χ4v) is 3.82. The quantitative estimate of drug-likeness (QED) is 0.287. The SMILES string of the molecule is CCOc1cc(C=C(C#N)C(=O)Nc2nnc(C(C)C)s2)cc(Cl)c1OCc1ccc(F)cc1. The van der Waals surface area contributed by atoms with Crippen molar-refractivity contribution >= 4 is 40.1 Å². The van der Waals surface area contributed by atoms with Gasteiger partial charge in [0.05, 0.1) is 11.6 Å². The maximum absolute atomic E-state index is 13.1. The lowest BCUT2D eigenvalue weighted by atomic mass is 10.1. The summed E-state index contributed by atoms with van der Waals surface area (Å²) in [6.45, 7) is 6.25. The van der Waals surface area contributed by atoms with Crippen molar-refractivity contribution in [2.75, 3.05) is 11.9 Å². The Morgan fingerprint density at radius 2 is 2.00 bits per heavy atom. The van der Waals surface area contributed by atoms with Gasteiger partial charge in [0, 0.05) is 5.92 Å². The number of carbonyl (C=O) groups is 1. The molecule has 0 aliphatic rings. The molecule has 0 fully saturated rings. The molecule has 0 unspecified atom stereocenters. The molecule has 34 heavy (non-hydrogen) atoms. The van der Waals surface area contributed by atoms with E-state index in [4.69, 9.17) is 21.1 Å². The van der Waals surface area contributed by atoms with Crippen LogP contribution < -0.4 is 14.8 Å². The van der Waals surface area contributed by atoms with Gasteiger partial charge in [-0.25, -0.2) is 4.39 Å². The van der Waals surface area contributed by atoms with Crippen molar-refractivity contribution in [3.63, 3.8) is 0 Å². The summed E-state index contributed by atoms with van der Waals surface area (Å²) in [7, 11) is 0. The van der Waals surface area contributed by atoms with Gasteiger partial charge >= 0.3 is 0 Å². The first kappa shape index (κ1) is 25.1. The van der Waals surface area contributed by atoms with Crippen LogP contribution in [0.5, 0.6) is 11.5 Å². The Labute approximate surface area is 205 Å². The van der Waals surface area contributed by atoms with Crippen molar-refractivity contribution in [2.45, 2.75) is 33.3 Å². The molecule has 10 heteroatoms. The van der Waals surface area contributed by atoms with E-state index in [9.17, 15) is 14.4 Å². The molecule has 0 bridgehead atoms. The molecule has 0 spiro atoms. The third kappa shape index (κ3) is 6.53. The van der Waals surface area contributed by atoms with E-state index in [1.807, 2.05) is 26.8 Å². The minimum atomic E-state index is -0.611. The van der Waals surface area contributed by atoms with Crippen molar-refractivity contribution in [3.8, 4) is 17.6 Å². The Hall–Kier alpha value is -3.48. The Morgan fingerprint density at radius 3 is 2.62 bits per heavy atom. The maximum atomic E-state index is 13.1. The Bertz CT molecular complexity index is 1240. The fourth-order valence-electron chi connectivity index (χ4n) is 2.81. The Kier molecular flexibility index (Phi) is 8.57. The van der Waals surface area contributed by atoms with Crippen LogP contribution in [0.1, 0.15) is 42.8 Å². The predicted octanol–water partition coefficient (Wildman–Crippen LogP) is 5.98. The Morgan fingerprint density at radius 1 is 1.26 bits per heavy atom. The number of benzene rings is 2. The van der Waals surface area contributed by atoms with Crippen LogP contribution in [-0.4, -0.2) is 22.7 Å². The largest absolute Gasteiger partial charge is 0.490 e. The zero-order valence-corrected chi connectivity index (χ0v) is 20.3. The van der Waals surface area contributed by atoms with Crippen LogP contribution in [-0.2, 0) is 11.4 Å². The molecular weight excluding hydrogens is 479 g/mol. The number of hydrogen-bond donors (Lipinski definition) is 1. The number of nitriles is 1. The fraction of sp³-hybridized carbons (Fsp3) is 0.250. The normalized spacial score (nSPS) is 11.3. The molecule has 0 atom stereocenters. The predicted molar refractivity (Wildman–Crippen MR) is 130 cm³/mol. The lowest BCUT2D eigenvalue weighted by molar-refractivity contribution is -0.112. The molecule has 3 aromatic rings. The summed E-state index contributed by atoms with van der Waals surface area (Å²) >= 11 is 7.69. The van der Waals surface area contributed by atoms with Gasteiger partial charge in [-0.1, -0.05) is 48.9 Å². The topological polar surface area (TPSA) is 97.1 Å². The van der Waals surface area contributed by atoms with Crippen molar-refractivity contribution in [1.82, 2.24) is 10.2 Å². The van der Waals surface area contributed by atoms with E-state index in [-0.39, 0.29) is 28.9 Å². The highest BCUT2D eigenvalue weighted by Crippen LogP contribution is 2.38. The molecule has 176 valence electrons. The van der Waals surface area contributed by atoms with E-state index in [1.54, 1.807) is 24.3 Å². The maximum Gasteiger partial charge on any atom is 0.268 e. The summed E-state index contributed by atoms with van der Waals surface area (Å²) in [5, 5.41) is 21.4. The number of nitrogens with zero attached hydrogens (tertiary/aromatic N) is 3. The van der Waals surface area contributed by atoms with Gasteiger partial charge in [-0.3, -0.25) is 10.1 Å². The van der Waals surface area contributed by atoms with Crippen LogP contribution in [0.25, 0.3) is 6.08 Å². The second kappa shape index (κ2) is 11.6. The molecule has 0 saturated heterocycles. The van der Waals surface area contributed by atoms with Gasteiger partial charge in [0.25, 0.3) is 5.91 Å². The minimum absolute atomic E-state index is 0.139. The second-order valence-electron chi connectivity index (χ2n) is 7.40. The zero-order chi connectivity index (χ0) is 24.7. The highest BCUT2D eigenvalue weighted by molar-refractivity contribution is 7.15. The number of ether oxygens (including phenoxy) is 2. The molecule has 1 amide bonds. The smallest absolute Gasteiger partial charge is 0.268 e. The van der Waals surface area contributed by atoms with Crippen LogP contribution in [0, 0.1) is 17.1 Å². The first-order chi connectivity index (χ1) is 16.3. The summed E-state index contributed by atoms with van der Waals surface area (Å²) in [6, 6.07) is 11.0. The van der Waals surface area contributed by atoms with Crippen LogP contribution in [0.3, 0.4) is 0 Å². The molecule has 1 N–H and O–H groups in total. The van der Waals surface area contributed by atoms with Gasteiger partial charge in [0.1, 0.15) is 29.1 Å². The standard InChI is InChI=1S/C24H22ClFN4O3S/c1-4-32-20-11-16(10-19(25)21(20)33-13-15-5-7-18(26)8-6-15)9-17(12-27)22(31)28-24-30-29-23(34-24)14(2)3/h5-11,14H,4,13H2,1-3H3,(H,28,30,31). The Balaban J connectivity index is 1.82. The highest BCUT2D eigenvalue weighted by Gasteiger charge is 2.17. The summed E-state index contributed by atoms with van der Waals surface area (Å²) in [5.41, 5.74) is 1.10. The van der Waals surface area contributed by atoms with E-state index in [2.05, 4.69) is 15.5 Å². The lowest BCUT2D eigenvalue weighted by Crippen LogP contribution is -2.13. The summed E-state index contributed by atoms with van der Waals surface area (Å²) in [5.74, 6) is -0.108. The molecule has 1 aromatic heterocycles. The molecule has 2 aromatic carbocycles. The average Bonchev–Trinajstić information content (AvgIpc) is 3.27. The summed E-state index contributed by atoms with van der Waals surface area (Å²) in [6.07, 6.45) is 1.40. The third-order valence-electron chi connectivity index (χ3n) is 4.46. The van der Waals surface area contributed by atoms with E-state index in [0.717, 1.165) is 10.6 Å².